The molecule has 38 heavy (non-hydrogen) atoms. The van der Waals surface area contributed by atoms with Gasteiger partial charge in [-0.25, -0.2) is 13.9 Å². The van der Waals surface area contributed by atoms with Gasteiger partial charge in [0.1, 0.15) is 17.2 Å². The van der Waals surface area contributed by atoms with Crippen molar-refractivity contribution in [2.75, 3.05) is 13.2 Å². The third-order valence-electron chi connectivity index (χ3n) is 6.49. The van der Waals surface area contributed by atoms with Crippen LogP contribution in [-0.4, -0.2) is 53.3 Å². The summed E-state index contributed by atoms with van der Waals surface area (Å²) in [5.41, 5.74) is 3.64. The number of aromatic nitrogens is 1. The van der Waals surface area contributed by atoms with E-state index in [-0.39, 0.29) is 36.9 Å². The molecule has 11 heteroatoms. The average molecular weight is 540 g/mol. The zero-order valence-corrected chi connectivity index (χ0v) is 21.9. The van der Waals surface area contributed by atoms with Crippen LogP contribution >= 0.6 is 0 Å². The van der Waals surface area contributed by atoms with Crippen LogP contribution in [0, 0.1) is 0 Å². The van der Waals surface area contributed by atoms with E-state index in [1.165, 1.54) is 34.6 Å². The summed E-state index contributed by atoms with van der Waals surface area (Å²) in [6.07, 6.45) is -0.145. The minimum absolute atomic E-state index is 0.0714. The molecular weight excluding hydrogens is 510 g/mol. The number of allylic oxidation sites excluding steroid dienone is 2. The lowest BCUT2D eigenvalue weighted by molar-refractivity contribution is -0.134. The molecule has 4 rings (SSSR count). The van der Waals surface area contributed by atoms with Gasteiger partial charge >= 0.3 is 0 Å². The first-order chi connectivity index (χ1) is 18.0. The number of fused-ring (bicyclic) bond motifs is 1. The highest BCUT2D eigenvalue weighted by Gasteiger charge is 2.52. The van der Waals surface area contributed by atoms with Crippen LogP contribution in [0.15, 0.2) is 78.0 Å². The highest BCUT2D eigenvalue weighted by atomic mass is 32.2. The predicted octanol–water partition coefficient (Wildman–Crippen LogP) is 4.30. The van der Waals surface area contributed by atoms with Crippen molar-refractivity contribution in [1.29, 1.82) is 0 Å². The number of nitrogens with one attached hydrogen (secondary N) is 2. The summed E-state index contributed by atoms with van der Waals surface area (Å²) in [4.78, 5) is 29.8. The number of nitrogens with zero attached hydrogens (tertiary/aromatic N) is 1. The first-order valence-electron chi connectivity index (χ1n) is 11.8. The van der Waals surface area contributed by atoms with Gasteiger partial charge in [0.2, 0.25) is 0 Å². The molecule has 0 radical (unpaired) electrons. The Morgan fingerprint density at radius 2 is 1.63 bits per heavy atom. The Hall–Kier alpha value is -3.93. The summed E-state index contributed by atoms with van der Waals surface area (Å²) in [5, 5.41) is 10.00. The maximum atomic E-state index is 13.4. The van der Waals surface area contributed by atoms with Gasteiger partial charge in [0.25, 0.3) is 11.8 Å². The van der Waals surface area contributed by atoms with E-state index in [1.54, 1.807) is 38.1 Å². The van der Waals surface area contributed by atoms with Crippen LogP contribution in [0.2, 0.25) is 0 Å². The first-order valence-corrected chi connectivity index (χ1v) is 13.3. The van der Waals surface area contributed by atoms with Crippen LogP contribution < -0.4 is 10.2 Å². The van der Waals surface area contributed by atoms with Crippen molar-refractivity contribution in [3.63, 3.8) is 0 Å². The third-order valence-corrected chi connectivity index (χ3v) is 9.01. The second-order valence-electron chi connectivity index (χ2n) is 9.17. The van der Waals surface area contributed by atoms with Crippen LogP contribution in [0.3, 0.4) is 0 Å². The van der Waals surface area contributed by atoms with E-state index in [4.69, 9.17) is 9.47 Å². The summed E-state index contributed by atoms with van der Waals surface area (Å²) in [7, 11) is -4.14. The van der Waals surface area contributed by atoms with Crippen LogP contribution in [0.4, 0.5) is 0 Å². The predicted molar refractivity (Wildman–Crippen MR) is 141 cm³/mol. The van der Waals surface area contributed by atoms with Crippen molar-refractivity contribution >= 4 is 32.6 Å². The van der Waals surface area contributed by atoms with Gasteiger partial charge in [-0.1, -0.05) is 13.2 Å². The molecule has 2 aromatic carbocycles. The molecule has 1 saturated heterocycles. The van der Waals surface area contributed by atoms with Gasteiger partial charge in [0, 0.05) is 41.6 Å². The molecule has 3 N–H and O–H groups in total. The number of carbonyl (C=O) groups is 2. The molecular formula is C27H29N3O7S. The molecule has 1 aliphatic rings. The van der Waals surface area contributed by atoms with Crippen molar-refractivity contribution in [3.05, 3.63) is 78.8 Å². The lowest BCUT2D eigenvalue weighted by Crippen LogP contribution is -2.54. The normalized spacial score (nSPS) is 15.0. The molecule has 0 spiro atoms. The van der Waals surface area contributed by atoms with Crippen molar-refractivity contribution in [2.45, 2.75) is 36.3 Å². The maximum absolute atomic E-state index is 13.4. The Kier molecular flexibility index (Phi) is 7.45. The summed E-state index contributed by atoms with van der Waals surface area (Å²) < 4.78 is 36.1. The van der Waals surface area contributed by atoms with E-state index in [9.17, 15) is 23.2 Å². The largest absolute Gasteiger partial charge is 0.457 e. The average Bonchev–Trinajstić information content (AvgIpc) is 3.32. The number of amides is 2. The number of rotatable bonds is 8. The zero-order chi connectivity index (χ0) is 27.7. The lowest BCUT2D eigenvalue weighted by Gasteiger charge is -2.34. The summed E-state index contributed by atoms with van der Waals surface area (Å²) in [6, 6.07) is 12.7. The quantitative estimate of drug-likeness (QED) is 0.287. The number of sulfone groups is 1. The first kappa shape index (κ1) is 27.1. The second-order valence-corrected chi connectivity index (χ2v) is 11.4. The molecule has 0 atom stereocenters. The molecule has 0 saturated carbocycles. The molecule has 2 amide bonds. The van der Waals surface area contributed by atoms with Crippen LogP contribution in [0.5, 0.6) is 11.5 Å². The minimum atomic E-state index is -4.14. The molecule has 200 valence electrons. The monoisotopic (exact) mass is 539 g/mol. The maximum Gasteiger partial charge on any atom is 0.278 e. The molecule has 2 heterocycles. The number of ether oxygens (including phenoxy) is 2. The molecule has 0 unspecified atom stereocenters. The molecule has 1 aliphatic heterocycles. The van der Waals surface area contributed by atoms with Crippen LogP contribution in [-0.2, 0) is 19.4 Å². The Morgan fingerprint density at radius 3 is 2.21 bits per heavy atom. The van der Waals surface area contributed by atoms with E-state index in [1.807, 2.05) is 0 Å². The zero-order valence-electron chi connectivity index (χ0n) is 21.1. The van der Waals surface area contributed by atoms with Crippen molar-refractivity contribution in [2.24, 2.45) is 0 Å². The standard InChI is InChI=1S/C27H29N3O7S/c1-17(2)30(18(3)4)25(31)24-15-19-5-6-21(16-23(19)28-24)37-20-7-9-22(10-8-20)38(34,35)27(26(32)29-33)11-13-36-14-12-27/h5-10,15-16,28,33H,1,3,11-14H2,2,4H3,(H,29,32). The van der Waals surface area contributed by atoms with E-state index < -0.39 is 20.5 Å². The molecule has 0 aliphatic carbocycles. The fourth-order valence-corrected chi connectivity index (χ4v) is 6.49. The Bertz CT molecular complexity index is 1500. The lowest BCUT2D eigenvalue weighted by atomic mass is 9.98. The Labute approximate surface area is 220 Å². The topological polar surface area (TPSA) is 138 Å². The summed E-state index contributed by atoms with van der Waals surface area (Å²) in [6.45, 7) is 11.3. The minimum Gasteiger partial charge on any atom is -0.457 e. The van der Waals surface area contributed by atoms with E-state index in [0.717, 1.165) is 5.39 Å². The van der Waals surface area contributed by atoms with Gasteiger partial charge in [-0.15, -0.1) is 0 Å². The number of hydrogen-bond donors (Lipinski definition) is 3. The summed E-state index contributed by atoms with van der Waals surface area (Å²) >= 11 is 0. The van der Waals surface area contributed by atoms with E-state index in [0.29, 0.717) is 34.1 Å². The fraction of sp³-hybridized carbons (Fsp3) is 0.259. The highest BCUT2D eigenvalue weighted by Crippen LogP contribution is 2.36. The number of carbonyl (C=O) groups excluding carboxylic acids is 2. The second kappa shape index (κ2) is 10.4. The number of benzene rings is 2. The van der Waals surface area contributed by atoms with Crippen LogP contribution in [0.1, 0.15) is 37.2 Å². The highest BCUT2D eigenvalue weighted by molar-refractivity contribution is 7.93. The van der Waals surface area contributed by atoms with Crippen molar-refractivity contribution in [1.82, 2.24) is 15.4 Å². The summed E-state index contributed by atoms with van der Waals surface area (Å²) in [5.74, 6) is -0.425. The molecule has 3 aromatic rings. The van der Waals surface area contributed by atoms with Crippen LogP contribution in [0.25, 0.3) is 10.9 Å². The van der Waals surface area contributed by atoms with Gasteiger partial charge in [0.05, 0.1) is 4.90 Å². The number of hydroxylamine groups is 1. The SMILES string of the molecule is C=C(C)N(C(=C)C)C(=O)c1cc2ccc(Oc3ccc(S(=O)(=O)C4(C(=O)NO)CCOCC4)cc3)cc2[nH]1. The molecule has 10 nitrogen and oxygen atoms in total. The Morgan fingerprint density at radius 1 is 1.03 bits per heavy atom. The third kappa shape index (κ3) is 4.83. The Balaban J connectivity index is 1.56. The van der Waals surface area contributed by atoms with Gasteiger partial charge in [-0.2, -0.15) is 0 Å². The van der Waals surface area contributed by atoms with Gasteiger partial charge in [0.15, 0.2) is 14.6 Å². The fourth-order valence-electron chi connectivity index (χ4n) is 4.55. The molecule has 1 fully saturated rings. The molecule has 1 aromatic heterocycles. The van der Waals surface area contributed by atoms with Gasteiger partial charge in [-0.05, 0) is 69.2 Å². The van der Waals surface area contributed by atoms with E-state index in [2.05, 4.69) is 18.1 Å². The van der Waals surface area contributed by atoms with Crippen molar-refractivity contribution < 1.29 is 32.7 Å². The smallest absolute Gasteiger partial charge is 0.278 e. The number of H-pyrrole nitrogens is 1. The van der Waals surface area contributed by atoms with Gasteiger partial charge < -0.3 is 14.5 Å². The van der Waals surface area contributed by atoms with E-state index >= 15 is 0 Å². The molecule has 0 bridgehead atoms. The number of hydrogen-bond acceptors (Lipinski definition) is 7. The van der Waals surface area contributed by atoms with Crippen molar-refractivity contribution in [3.8, 4) is 11.5 Å². The number of aromatic amines is 1. The van der Waals surface area contributed by atoms with Gasteiger partial charge in [-0.3, -0.25) is 19.7 Å².